The third-order valence-electron chi connectivity index (χ3n) is 3.96. The van der Waals surface area contributed by atoms with E-state index < -0.39 is 10.0 Å². The van der Waals surface area contributed by atoms with Gasteiger partial charge in [0.2, 0.25) is 10.0 Å². The van der Waals surface area contributed by atoms with Crippen molar-refractivity contribution >= 4 is 43.3 Å². The van der Waals surface area contributed by atoms with Gasteiger partial charge in [0.15, 0.2) is 10.8 Å². The van der Waals surface area contributed by atoms with Crippen molar-refractivity contribution in [1.82, 2.24) is 20.1 Å². The lowest BCUT2D eigenvalue weighted by molar-refractivity contribution is 0.0732. The van der Waals surface area contributed by atoms with E-state index >= 15 is 0 Å². The first-order chi connectivity index (χ1) is 11.9. The molecule has 2 aromatic heterocycles. The van der Waals surface area contributed by atoms with E-state index in [-0.39, 0.29) is 5.91 Å². The molecule has 0 radical (unpaired) electrons. The van der Waals surface area contributed by atoms with Crippen LogP contribution in [0.2, 0.25) is 0 Å². The minimum absolute atomic E-state index is 0.144. The van der Waals surface area contributed by atoms with Crippen molar-refractivity contribution < 1.29 is 13.2 Å². The molecule has 10 heteroatoms. The minimum Gasteiger partial charge on any atom is -0.332 e. The van der Waals surface area contributed by atoms with Gasteiger partial charge in [-0.3, -0.25) is 14.6 Å². The summed E-state index contributed by atoms with van der Waals surface area (Å²) in [7, 11) is -3.36. The van der Waals surface area contributed by atoms with Crippen molar-refractivity contribution in [1.29, 1.82) is 0 Å². The average molecular weight is 377 g/mol. The van der Waals surface area contributed by atoms with Crippen molar-refractivity contribution in [3.8, 4) is 0 Å². The van der Waals surface area contributed by atoms with Gasteiger partial charge in [-0.15, -0.1) is 0 Å². The second-order valence-electron chi connectivity index (χ2n) is 5.86. The molecular weight excluding hydrogens is 362 g/mol. The van der Waals surface area contributed by atoms with Gasteiger partial charge in [0.05, 0.1) is 24.0 Å². The normalized spacial score (nSPS) is 14.5. The molecule has 0 aliphatic carbocycles. The number of aromatic nitrogens is 3. The van der Waals surface area contributed by atoms with Gasteiger partial charge in [-0.2, -0.15) is 5.10 Å². The number of rotatable bonds is 3. The van der Waals surface area contributed by atoms with Crippen LogP contribution in [0.15, 0.2) is 24.3 Å². The lowest BCUT2D eigenvalue weighted by atomic mass is 10.1. The van der Waals surface area contributed by atoms with Crippen LogP contribution in [-0.2, 0) is 23.0 Å². The Hall–Kier alpha value is -2.46. The van der Waals surface area contributed by atoms with E-state index in [4.69, 9.17) is 0 Å². The Kier molecular flexibility index (Phi) is 3.73. The molecule has 0 saturated heterocycles. The van der Waals surface area contributed by atoms with Crippen molar-refractivity contribution in [3.63, 3.8) is 0 Å². The molecular formula is C15H15N5O3S2. The molecule has 8 nitrogen and oxygen atoms in total. The first-order valence-electron chi connectivity index (χ1n) is 7.59. The van der Waals surface area contributed by atoms with Crippen molar-refractivity contribution in [3.05, 3.63) is 40.5 Å². The Labute approximate surface area is 147 Å². The number of thiazole rings is 1. The fourth-order valence-electron chi connectivity index (χ4n) is 2.85. The van der Waals surface area contributed by atoms with Gasteiger partial charge in [0, 0.05) is 23.2 Å². The first-order valence-corrected chi connectivity index (χ1v) is 10.3. The van der Waals surface area contributed by atoms with Gasteiger partial charge in [-0.1, -0.05) is 29.5 Å². The summed E-state index contributed by atoms with van der Waals surface area (Å²) < 4.78 is 25.1. The van der Waals surface area contributed by atoms with E-state index in [0.29, 0.717) is 30.3 Å². The summed E-state index contributed by atoms with van der Waals surface area (Å²) >= 11 is 1.26. The molecule has 0 fully saturated rings. The molecule has 0 spiro atoms. The number of aromatic amines is 1. The number of nitrogens with one attached hydrogen (secondary N) is 2. The van der Waals surface area contributed by atoms with Gasteiger partial charge in [-0.05, 0) is 6.07 Å². The SMILES string of the molecule is CS(=O)(=O)Nc1nc2c(s1)CN(C(=O)c1n[nH]c3ccccc13)CC2. The molecule has 2 N–H and O–H groups in total. The fraction of sp³-hybridized carbons (Fsp3) is 0.267. The zero-order valence-electron chi connectivity index (χ0n) is 13.3. The topological polar surface area (TPSA) is 108 Å². The van der Waals surface area contributed by atoms with Gasteiger partial charge < -0.3 is 4.90 Å². The van der Waals surface area contributed by atoms with Crippen LogP contribution in [0.5, 0.6) is 0 Å². The highest BCUT2D eigenvalue weighted by Gasteiger charge is 2.27. The number of para-hydroxylation sites is 1. The van der Waals surface area contributed by atoms with E-state index in [1.807, 2.05) is 24.3 Å². The number of carbonyl (C=O) groups excluding carboxylic acids is 1. The third-order valence-corrected chi connectivity index (χ3v) is 5.66. The quantitative estimate of drug-likeness (QED) is 0.721. The highest BCUT2D eigenvalue weighted by molar-refractivity contribution is 7.92. The third kappa shape index (κ3) is 3.10. The number of nitrogens with zero attached hydrogens (tertiary/aromatic N) is 3. The monoisotopic (exact) mass is 377 g/mol. The molecule has 1 amide bonds. The summed E-state index contributed by atoms with van der Waals surface area (Å²) in [4.78, 5) is 19.8. The summed E-state index contributed by atoms with van der Waals surface area (Å²) in [5.41, 5.74) is 2.06. The van der Waals surface area contributed by atoms with Gasteiger partial charge in [0.25, 0.3) is 5.91 Å². The van der Waals surface area contributed by atoms with Crippen LogP contribution < -0.4 is 4.72 Å². The lowest BCUT2D eigenvalue weighted by Crippen LogP contribution is -2.35. The number of carbonyl (C=O) groups is 1. The standard InChI is InChI=1S/C15H15N5O3S2/c1-25(22,23)19-15-16-11-6-7-20(8-12(11)24-15)14(21)13-9-4-2-3-5-10(9)17-18-13/h2-5H,6-8H2,1H3,(H,16,19)(H,17,18). The van der Waals surface area contributed by atoms with Crippen LogP contribution >= 0.6 is 11.3 Å². The van der Waals surface area contributed by atoms with E-state index in [2.05, 4.69) is 19.9 Å². The maximum atomic E-state index is 12.8. The Morgan fingerprint density at radius 1 is 1.36 bits per heavy atom. The molecule has 3 aromatic rings. The zero-order chi connectivity index (χ0) is 17.6. The Balaban J connectivity index is 1.59. The molecule has 0 saturated carbocycles. The van der Waals surface area contributed by atoms with E-state index in [1.165, 1.54) is 11.3 Å². The highest BCUT2D eigenvalue weighted by Crippen LogP contribution is 2.30. The van der Waals surface area contributed by atoms with E-state index in [0.717, 1.165) is 27.7 Å². The van der Waals surface area contributed by atoms with E-state index in [1.54, 1.807) is 4.90 Å². The van der Waals surface area contributed by atoms with Crippen molar-refractivity contribution in [2.75, 3.05) is 17.5 Å². The molecule has 1 aliphatic rings. The molecule has 0 atom stereocenters. The summed E-state index contributed by atoms with van der Waals surface area (Å²) in [5, 5.41) is 8.17. The van der Waals surface area contributed by atoms with Crippen LogP contribution in [0, 0.1) is 0 Å². The number of H-pyrrole nitrogens is 1. The summed E-state index contributed by atoms with van der Waals surface area (Å²) in [6.07, 6.45) is 1.68. The largest absolute Gasteiger partial charge is 0.332 e. The predicted molar refractivity (Wildman–Crippen MR) is 95.1 cm³/mol. The van der Waals surface area contributed by atoms with E-state index in [9.17, 15) is 13.2 Å². The Morgan fingerprint density at radius 3 is 2.96 bits per heavy atom. The molecule has 3 heterocycles. The van der Waals surface area contributed by atoms with Crippen LogP contribution in [-0.4, -0.2) is 47.2 Å². The molecule has 1 aliphatic heterocycles. The number of anilines is 1. The molecule has 0 unspecified atom stereocenters. The number of hydrogen-bond acceptors (Lipinski definition) is 6. The molecule has 25 heavy (non-hydrogen) atoms. The predicted octanol–water partition coefficient (Wildman–Crippen LogP) is 1.59. The van der Waals surface area contributed by atoms with Crippen LogP contribution in [0.4, 0.5) is 5.13 Å². The minimum atomic E-state index is -3.36. The number of benzene rings is 1. The zero-order valence-corrected chi connectivity index (χ0v) is 14.9. The number of fused-ring (bicyclic) bond motifs is 2. The van der Waals surface area contributed by atoms with Crippen LogP contribution in [0.3, 0.4) is 0 Å². The molecule has 130 valence electrons. The summed E-state index contributed by atoms with van der Waals surface area (Å²) in [6.45, 7) is 0.924. The first kappa shape index (κ1) is 16.0. The highest BCUT2D eigenvalue weighted by atomic mass is 32.2. The molecule has 1 aromatic carbocycles. The van der Waals surface area contributed by atoms with Gasteiger partial charge in [-0.25, -0.2) is 13.4 Å². The van der Waals surface area contributed by atoms with Crippen molar-refractivity contribution in [2.45, 2.75) is 13.0 Å². The number of hydrogen-bond donors (Lipinski definition) is 2. The molecule has 4 rings (SSSR count). The average Bonchev–Trinajstić information content (AvgIpc) is 3.14. The fourth-order valence-corrected chi connectivity index (χ4v) is 4.71. The van der Waals surface area contributed by atoms with Crippen molar-refractivity contribution in [2.24, 2.45) is 0 Å². The van der Waals surface area contributed by atoms with Crippen LogP contribution in [0.25, 0.3) is 10.9 Å². The van der Waals surface area contributed by atoms with Crippen LogP contribution in [0.1, 0.15) is 21.1 Å². The number of sulfonamides is 1. The lowest BCUT2D eigenvalue weighted by Gasteiger charge is -2.25. The summed E-state index contributed by atoms with van der Waals surface area (Å²) in [5.74, 6) is -0.144. The maximum Gasteiger partial charge on any atom is 0.275 e. The molecule has 0 bridgehead atoms. The second-order valence-corrected chi connectivity index (χ2v) is 8.69. The Bertz CT molecular complexity index is 1070. The smallest absolute Gasteiger partial charge is 0.275 e. The number of amides is 1. The maximum absolute atomic E-state index is 12.8. The Morgan fingerprint density at radius 2 is 2.16 bits per heavy atom. The van der Waals surface area contributed by atoms with Gasteiger partial charge in [0.1, 0.15) is 0 Å². The second kappa shape index (κ2) is 5.81. The summed E-state index contributed by atoms with van der Waals surface area (Å²) in [6, 6.07) is 7.49. The van der Waals surface area contributed by atoms with Gasteiger partial charge >= 0.3 is 0 Å².